The molecular weight excluding hydrogens is 345 g/mol. The van der Waals surface area contributed by atoms with Crippen LogP contribution in [-0.2, 0) is 13.1 Å². The molecule has 3 aromatic rings. The van der Waals surface area contributed by atoms with Crippen LogP contribution >= 0.6 is 23.6 Å². The molecule has 0 unspecified atom stereocenters. The molecule has 0 N–H and O–H groups in total. The molecule has 0 bridgehead atoms. The summed E-state index contributed by atoms with van der Waals surface area (Å²) >= 11 is 7.29. The van der Waals surface area contributed by atoms with Crippen LogP contribution in [0.5, 0.6) is 0 Å². The van der Waals surface area contributed by atoms with Crippen molar-refractivity contribution in [1.82, 2.24) is 24.7 Å². The van der Waals surface area contributed by atoms with E-state index in [4.69, 9.17) is 12.2 Å². The molecular formula is C16H16FN5S2. The summed E-state index contributed by atoms with van der Waals surface area (Å²) in [5.41, 5.74) is 1.97. The average molecular weight is 361 g/mol. The summed E-state index contributed by atoms with van der Waals surface area (Å²) in [6.07, 6.45) is 1.04. The lowest BCUT2D eigenvalue weighted by Gasteiger charge is -2.32. The van der Waals surface area contributed by atoms with Crippen LogP contribution in [0.4, 0.5) is 4.39 Å². The average Bonchev–Trinajstić information content (AvgIpc) is 3.18. The Kier molecular flexibility index (Phi) is 4.03. The summed E-state index contributed by atoms with van der Waals surface area (Å²) in [4.78, 5) is 3.79. The third-order valence-corrected chi connectivity index (χ3v) is 5.79. The fraction of sp³-hybridized carbons (Fsp3) is 0.312. The molecule has 3 heterocycles. The largest absolute Gasteiger partial charge is 0.277 e. The molecule has 24 heavy (non-hydrogen) atoms. The summed E-state index contributed by atoms with van der Waals surface area (Å²) in [7, 11) is 0. The molecule has 2 aromatic heterocycles. The number of hydrogen-bond donors (Lipinski definition) is 0. The van der Waals surface area contributed by atoms with Crippen molar-refractivity contribution < 1.29 is 4.39 Å². The van der Waals surface area contributed by atoms with Gasteiger partial charge in [-0.05, 0) is 71.2 Å². The number of thiophene rings is 1. The first-order valence-electron chi connectivity index (χ1n) is 7.72. The van der Waals surface area contributed by atoms with Gasteiger partial charge >= 0.3 is 0 Å². The molecule has 1 aliphatic heterocycles. The van der Waals surface area contributed by atoms with E-state index in [-0.39, 0.29) is 5.82 Å². The summed E-state index contributed by atoms with van der Waals surface area (Å²) < 4.78 is 17.1. The molecule has 124 valence electrons. The highest BCUT2D eigenvalue weighted by Gasteiger charge is 2.25. The maximum atomic E-state index is 13.4. The number of nitrogens with zero attached hydrogens (tertiary/aromatic N) is 5. The van der Waals surface area contributed by atoms with Crippen LogP contribution in [0, 0.1) is 10.6 Å². The molecule has 0 radical (unpaired) electrons. The smallest absolute Gasteiger partial charge is 0.221 e. The number of rotatable bonds is 3. The maximum absolute atomic E-state index is 13.4. The van der Waals surface area contributed by atoms with Gasteiger partial charge in [-0.1, -0.05) is 6.07 Å². The number of benzene rings is 1. The second-order valence-corrected chi connectivity index (χ2v) is 7.20. The van der Waals surface area contributed by atoms with Gasteiger partial charge in [-0.3, -0.25) is 4.90 Å². The van der Waals surface area contributed by atoms with E-state index >= 15 is 0 Å². The van der Waals surface area contributed by atoms with Crippen molar-refractivity contribution in [3.05, 3.63) is 56.7 Å². The first-order chi connectivity index (χ1) is 11.6. The van der Waals surface area contributed by atoms with Crippen LogP contribution in [0.15, 0.2) is 35.7 Å². The first-order valence-corrected chi connectivity index (χ1v) is 9.01. The van der Waals surface area contributed by atoms with Crippen LogP contribution in [0.3, 0.4) is 0 Å². The Hall–Kier alpha value is -1.90. The Morgan fingerprint density at radius 2 is 2.21 bits per heavy atom. The van der Waals surface area contributed by atoms with E-state index < -0.39 is 0 Å². The minimum atomic E-state index is -0.321. The van der Waals surface area contributed by atoms with Crippen molar-refractivity contribution in [3.8, 4) is 5.69 Å². The zero-order chi connectivity index (χ0) is 16.7. The highest BCUT2D eigenvalue weighted by Crippen LogP contribution is 2.32. The Morgan fingerprint density at radius 3 is 3.04 bits per heavy atom. The minimum Gasteiger partial charge on any atom is -0.277 e. The van der Waals surface area contributed by atoms with Crippen molar-refractivity contribution in [2.24, 2.45) is 0 Å². The molecule has 0 saturated carbocycles. The van der Waals surface area contributed by atoms with Gasteiger partial charge in [0.1, 0.15) is 5.82 Å². The molecule has 0 aliphatic carbocycles. The molecule has 0 amide bonds. The van der Waals surface area contributed by atoms with E-state index in [2.05, 4.69) is 33.7 Å². The Labute approximate surface area is 147 Å². The predicted octanol–water partition coefficient (Wildman–Crippen LogP) is 3.58. The van der Waals surface area contributed by atoms with E-state index in [1.165, 1.54) is 27.3 Å². The predicted molar refractivity (Wildman–Crippen MR) is 93.3 cm³/mol. The van der Waals surface area contributed by atoms with Crippen molar-refractivity contribution in [3.63, 3.8) is 0 Å². The third-order valence-electron chi connectivity index (χ3n) is 4.41. The van der Waals surface area contributed by atoms with Crippen molar-refractivity contribution in [2.75, 3.05) is 6.54 Å². The number of hydrogen-bond acceptors (Lipinski definition) is 5. The number of halogens is 1. The van der Waals surface area contributed by atoms with E-state index in [9.17, 15) is 4.39 Å². The van der Waals surface area contributed by atoms with Crippen molar-refractivity contribution >= 4 is 23.6 Å². The van der Waals surface area contributed by atoms with Gasteiger partial charge in [0.25, 0.3) is 0 Å². The minimum absolute atomic E-state index is 0.321. The fourth-order valence-electron chi connectivity index (χ4n) is 3.06. The second kappa shape index (κ2) is 6.19. The van der Waals surface area contributed by atoms with Gasteiger partial charge in [-0.2, -0.15) is 4.68 Å². The molecule has 1 aromatic carbocycles. The number of tetrazole rings is 1. The monoisotopic (exact) mass is 361 g/mol. The second-order valence-electron chi connectivity index (χ2n) is 5.83. The van der Waals surface area contributed by atoms with E-state index in [1.54, 1.807) is 16.8 Å². The first kappa shape index (κ1) is 15.6. The van der Waals surface area contributed by atoms with Crippen LogP contribution in [0.25, 0.3) is 5.69 Å². The van der Waals surface area contributed by atoms with Gasteiger partial charge in [0.2, 0.25) is 4.77 Å². The molecule has 5 nitrogen and oxygen atoms in total. The number of fused-ring (bicyclic) bond motifs is 1. The molecule has 0 saturated heterocycles. The van der Waals surface area contributed by atoms with Crippen LogP contribution in [0.2, 0.25) is 0 Å². The molecule has 1 atom stereocenters. The summed E-state index contributed by atoms with van der Waals surface area (Å²) in [6, 6.07) is 8.71. The van der Waals surface area contributed by atoms with Gasteiger partial charge in [0.05, 0.1) is 12.4 Å². The van der Waals surface area contributed by atoms with E-state index in [1.807, 2.05) is 11.3 Å². The topological polar surface area (TPSA) is 38.9 Å². The quantitative estimate of drug-likeness (QED) is 0.669. The van der Waals surface area contributed by atoms with Gasteiger partial charge in [0, 0.05) is 17.5 Å². The summed E-state index contributed by atoms with van der Waals surface area (Å²) in [5.74, 6) is -0.321. The van der Waals surface area contributed by atoms with Crippen LogP contribution in [0.1, 0.15) is 23.4 Å². The standard InChI is InChI=1S/C16H16FN5S2/c1-11-14-6-8-24-15(14)5-7-20(11)10-21-16(23)22(19-18-21)13-4-2-3-12(17)9-13/h2-4,6,8-9,11H,5,7,10H2,1H3/t11-/m1/s1. The third kappa shape index (κ3) is 2.70. The lowest BCUT2D eigenvalue weighted by atomic mass is 10.0. The highest BCUT2D eigenvalue weighted by atomic mass is 32.1. The van der Waals surface area contributed by atoms with E-state index in [0.717, 1.165) is 13.0 Å². The fourth-order valence-corrected chi connectivity index (χ4v) is 4.26. The molecule has 8 heteroatoms. The Morgan fingerprint density at radius 1 is 1.33 bits per heavy atom. The van der Waals surface area contributed by atoms with Crippen molar-refractivity contribution in [1.29, 1.82) is 0 Å². The van der Waals surface area contributed by atoms with E-state index in [0.29, 0.717) is 23.2 Å². The molecule has 1 aliphatic rings. The SMILES string of the molecule is C[C@@H]1c2ccsc2CCN1Cn1nnn(-c2cccc(F)c2)c1=S. The van der Waals surface area contributed by atoms with Gasteiger partial charge in [-0.15, -0.1) is 11.3 Å². The zero-order valence-corrected chi connectivity index (χ0v) is 14.7. The van der Waals surface area contributed by atoms with Gasteiger partial charge in [0.15, 0.2) is 0 Å². The Balaban J connectivity index is 1.60. The van der Waals surface area contributed by atoms with Crippen molar-refractivity contribution in [2.45, 2.75) is 26.1 Å². The zero-order valence-electron chi connectivity index (χ0n) is 13.1. The summed E-state index contributed by atoms with van der Waals surface area (Å²) in [6.45, 7) is 3.74. The van der Waals surface area contributed by atoms with Crippen LogP contribution in [-0.4, -0.2) is 31.2 Å². The summed E-state index contributed by atoms with van der Waals surface area (Å²) in [5, 5.41) is 10.4. The lowest BCUT2D eigenvalue weighted by Crippen LogP contribution is -2.35. The molecule has 0 spiro atoms. The highest BCUT2D eigenvalue weighted by molar-refractivity contribution is 7.71. The van der Waals surface area contributed by atoms with Crippen LogP contribution < -0.4 is 0 Å². The maximum Gasteiger partial charge on any atom is 0.221 e. The van der Waals surface area contributed by atoms with Gasteiger partial charge in [-0.25, -0.2) is 9.07 Å². The lowest BCUT2D eigenvalue weighted by molar-refractivity contribution is 0.143. The Bertz CT molecular complexity index is 928. The normalized spacial score (nSPS) is 17.8. The van der Waals surface area contributed by atoms with Gasteiger partial charge < -0.3 is 0 Å². The molecule has 0 fully saturated rings. The number of aromatic nitrogens is 4. The molecule has 4 rings (SSSR count).